The van der Waals surface area contributed by atoms with Crippen LogP contribution >= 0.6 is 7.82 Å². The summed E-state index contributed by atoms with van der Waals surface area (Å²) in [6, 6.07) is 0. The average Bonchev–Trinajstić information content (AvgIpc) is 3.18. The molecule has 0 heterocycles. The highest BCUT2D eigenvalue weighted by Gasteiger charge is 2.25. The molecule has 0 aromatic heterocycles. The van der Waals surface area contributed by atoms with Crippen molar-refractivity contribution in [2.24, 2.45) is 5.73 Å². The smallest absolute Gasteiger partial charge is 0.462 e. The summed E-state index contributed by atoms with van der Waals surface area (Å²) in [5.74, 6) is -0.892. The molecule has 0 saturated heterocycles. The SMILES string of the molecule is CC/C=C/C=C/C=C/C=C/CCCCCC(=O)OC(COC(=O)CCCCCCCCCCC/C=C/C/C=C/C/C=C/C/C=C/CC)COP(=O)(O)OCCN. The molecule has 0 spiro atoms. The molecular weight excluding hydrogens is 725 g/mol. The van der Waals surface area contributed by atoms with Crippen LogP contribution in [-0.2, 0) is 32.7 Å². The molecule has 0 radical (unpaired) electrons. The maximum Gasteiger partial charge on any atom is 0.472 e. The summed E-state index contributed by atoms with van der Waals surface area (Å²) in [6.07, 6.45) is 53.0. The van der Waals surface area contributed by atoms with Gasteiger partial charge in [0.2, 0.25) is 0 Å². The standard InChI is InChI=1S/C46H76NO8P/c1-3-5-7-9-11-13-15-17-18-19-20-21-22-23-24-25-27-28-30-32-34-36-38-45(48)52-42-44(43-54-56(50,51)53-41-40-47)55-46(49)39-37-35-33-31-29-26-16-14-12-10-8-6-4-2/h5-8,10-14,16-18,20-21,26,29,44H,3-4,9,15,19,22-25,27-28,30-43,47H2,1-2H3,(H,50,51)/b7-5+,8-6+,12-10+,13-11+,16-14+,18-17+,21-20+,29-26+. The molecular formula is C46H76NO8P. The topological polar surface area (TPSA) is 134 Å². The molecule has 9 nitrogen and oxygen atoms in total. The summed E-state index contributed by atoms with van der Waals surface area (Å²) in [5, 5.41) is 0. The van der Waals surface area contributed by atoms with Gasteiger partial charge in [-0.3, -0.25) is 18.6 Å². The highest BCUT2D eigenvalue weighted by molar-refractivity contribution is 7.47. The van der Waals surface area contributed by atoms with Crippen LogP contribution in [0.1, 0.15) is 149 Å². The fourth-order valence-electron chi connectivity index (χ4n) is 5.22. The van der Waals surface area contributed by atoms with Gasteiger partial charge in [0.15, 0.2) is 6.10 Å². The summed E-state index contributed by atoms with van der Waals surface area (Å²) < 4.78 is 32.7. The van der Waals surface area contributed by atoms with Gasteiger partial charge in [0.25, 0.3) is 0 Å². The van der Waals surface area contributed by atoms with E-state index in [1.54, 1.807) is 0 Å². The van der Waals surface area contributed by atoms with E-state index >= 15 is 0 Å². The monoisotopic (exact) mass is 802 g/mol. The molecule has 0 aliphatic rings. The average molecular weight is 802 g/mol. The van der Waals surface area contributed by atoms with Crippen LogP contribution in [0.15, 0.2) is 97.2 Å². The van der Waals surface area contributed by atoms with E-state index in [-0.39, 0.29) is 32.6 Å². The van der Waals surface area contributed by atoms with E-state index in [1.165, 1.54) is 32.1 Å². The van der Waals surface area contributed by atoms with Crippen molar-refractivity contribution >= 4 is 19.8 Å². The van der Waals surface area contributed by atoms with Crippen molar-refractivity contribution in [2.45, 2.75) is 155 Å². The number of allylic oxidation sites excluding steroid dienone is 16. The molecule has 0 fully saturated rings. The predicted octanol–water partition coefficient (Wildman–Crippen LogP) is 12.2. The molecule has 0 aliphatic heterocycles. The van der Waals surface area contributed by atoms with E-state index in [1.807, 2.05) is 36.5 Å². The first-order chi connectivity index (χ1) is 27.3. The van der Waals surface area contributed by atoms with Gasteiger partial charge in [-0.05, 0) is 70.6 Å². The van der Waals surface area contributed by atoms with Crippen molar-refractivity contribution in [3.8, 4) is 0 Å². The Morgan fingerprint density at radius 3 is 1.61 bits per heavy atom. The van der Waals surface area contributed by atoms with Crippen LogP contribution in [0.4, 0.5) is 0 Å². The second kappa shape index (κ2) is 41.6. The summed E-state index contributed by atoms with van der Waals surface area (Å²) >= 11 is 0. The number of carbonyl (C=O) groups excluding carboxylic acids is 2. The molecule has 2 unspecified atom stereocenters. The number of hydrogen-bond donors (Lipinski definition) is 2. The molecule has 0 bridgehead atoms. The third kappa shape index (κ3) is 40.6. The van der Waals surface area contributed by atoms with E-state index in [9.17, 15) is 19.0 Å². The fourth-order valence-corrected chi connectivity index (χ4v) is 5.99. The summed E-state index contributed by atoms with van der Waals surface area (Å²) in [5.41, 5.74) is 5.34. The molecule has 0 aromatic rings. The summed E-state index contributed by atoms with van der Waals surface area (Å²) in [7, 11) is -4.39. The number of phosphoric acid groups is 1. The van der Waals surface area contributed by atoms with Crippen LogP contribution in [0, 0.1) is 0 Å². The Bertz CT molecular complexity index is 1230. The van der Waals surface area contributed by atoms with Gasteiger partial charge in [-0.2, -0.15) is 0 Å². The Morgan fingerprint density at radius 1 is 0.554 bits per heavy atom. The number of unbranched alkanes of at least 4 members (excludes halogenated alkanes) is 12. The second-order valence-corrected chi connectivity index (χ2v) is 15.0. The van der Waals surface area contributed by atoms with Gasteiger partial charge >= 0.3 is 19.8 Å². The van der Waals surface area contributed by atoms with E-state index in [4.69, 9.17) is 24.3 Å². The molecule has 2 atom stereocenters. The van der Waals surface area contributed by atoms with Gasteiger partial charge in [0, 0.05) is 19.4 Å². The van der Waals surface area contributed by atoms with Crippen LogP contribution < -0.4 is 5.73 Å². The van der Waals surface area contributed by atoms with E-state index < -0.39 is 32.5 Å². The lowest BCUT2D eigenvalue weighted by atomic mass is 10.1. The normalized spacial score (nSPS) is 14.3. The van der Waals surface area contributed by atoms with Gasteiger partial charge < -0.3 is 20.1 Å². The highest BCUT2D eigenvalue weighted by Crippen LogP contribution is 2.43. The molecule has 0 rings (SSSR count). The van der Waals surface area contributed by atoms with Crippen LogP contribution in [0.5, 0.6) is 0 Å². The predicted molar refractivity (Wildman–Crippen MR) is 233 cm³/mol. The molecule has 0 amide bonds. The quantitative estimate of drug-likeness (QED) is 0.0206. The third-order valence-corrected chi connectivity index (χ3v) is 9.29. The first kappa shape index (κ1) is 52.9. The van der Waals surface area contributed by atoms with Gasteiger partial charge in [-0.15, -0.1) is 0 Å². The van der Waals surface area contributed by atoms with Crippen molar-refractivity contribution in [3.05, 3.63) is 97.2 Å². The number of phosphoric ester groups is 1. The van der Waals surface area contributed by atoms with Crippen molar-refractivity contribution in [2.75, 3.05) is 26.4 Å². The zero-order valence-corrected chi connectivity index (χ0v) is 35.7. The Balaban J connectivity index is 4.18. The van der Waals surface area contributed by atoms with Crippen molar-refractivity contribution < 1.29 is 37.6 Å². The van der Waals surface area contributed by atoms with E-state index in [0.717, 1.165) is 77.0 Å². The molecule has 0 aliphatic carbocycles. The van der Waals surface area contributed by atoms with Gasteiger partial charge in [0.1, 0.15) is 6.61 Å². The molecule has 0 aromatic carbocycles. The lowest BCUT2D eigenvalue weighted by Gasteiger charge is -2.19. The fraction of sp³-hybridized carbons (Fsp3) is 0.609. The van der Waals surface area contributed by atoms with Crippen molar-refractivity contribution in [1.29, 1.82) is 0 Å². The Hall–Kier alpha value is -3.07. The first-order valence-electron chi connectivity index (χ1n) is 21.3. The summed E-state index contributed by atoms with van der Waals surface area (Å²) in [6.45, 7) is 3.39. The zero-order valence-electron chi connectivity index (χ0n) is 34.8. The maximum absolute atomic E-state index is 12.5. The second-order valence-electron chi connectivity index (χ2n) is 13.5. The number of carbonyl (C=O) groups is 2. The van der Waals surface area contributed by atoms with Gasteiger partial charge in [0.05, 0.1) is 13.2 Å². The van der Waals surface area contributed by atoms with Crippen LogP contribution in [0.3, 0.4) is 0 Å². The van der Waals surface area contributed by atoms with Crippen molar-refractivity contribution in [3.63, 3.8) is 0 Å². The van der Waals surface area contributed by atoms with Gasteiger partial charge in [-0.1, -0.05) is 162 Å². The third-order valence-electron chi connectivity index (χ3n) is 8.31. The lowest BCUT2D eigenvalue weighted by molar-refractivity contribution is -0.161. The lowest BCUT2D eigenvalue weighted by Crippen LogP contribution is -2.29. The van der Waals surface area contributed by atoms with Crippen molar-refractivity contribution in [1.82, 2.24) is 0 Å². The van der Waals surface area contributed by atoms with Gasteiger partial charge in [-0.25, -0.2) is 4.57 Å². The minimum atomic E-state index is -4.39. The Morgan fingerprint density at radius 2 is 1.02 bits per heavy atom. The summed E-state index contributed by atoms with van der Waals surface area (Å²) in [4.78, 5) is 34.8. The van der Waals surface area contributed by atoms with E-state index in [2.05, 4.69) is 74.6 Å². The number of esters is 2. The molecule has 10 heteroatoms. The molecule has 56 heavy (non-hydrogen) atoms. The molecule has 3 N–H and O–H groups in total. The molecule has 318 valence electrons. The molecule has 0 saturated carbocycles. The minimum Gasteiger partial charge on any atom is -0.462 e. The number of rotatable bonds is 38. The number of hydrogen-bond acceptors (Lipinski definition) is 8. The number of ether oxygens (including phenoxy) is 2. The Labute approximate surface area is 340 Å². The Kier molecular flexibility index (Phi) is 39.3. The highest BCUT2D eigenvalue weighted by atomic mass is 31.2. The number of nitrogens with two attached hydrogens (primary N) is 1. The van der Waals surface area contributed by atoms with Crippen LogP contribution in [0.25, 0.3) is 0 Å². The van der Waals surface area contributed by atoms with Crippen LogP contribution in [0.2, 0.25) is 0 Å². The zero-order chi connectivity index (χ0) is 41.1. The first-order valence-corrected chi connectivity index (χ1v) is 22.8. The maximum atomic E-state index is 12.5. The largest absolute Gasteiger partial charge is 0.472 e. The minimum absolute atomic E-state index is 0.0402. The van der Waals surface area contributed by atoms with E-state index in [0.29, 0.717) is 12.8 Å². The van der Waals surface area contributed by atoms with Crippen LogP contribution in [-0.4, -0.2) is 49.3 Å².